The molecule has 3 heteroatoms. The quantitative estimate of drug-likeness (QED) is 0.708. The van der Waals surface area contributed by atoms with Crippen LogP contribution in [0.5, 0.6) is 5.75 Å². The summed E-state index contributed by atoms with van der Waals surface area (Å²) in [6.07, 6.45) is 0.323. The fraction of sp³-hybridized carbons (Fsp3) is 0.455. The lowest BCUT2D eigenvalue weighted by Gasteiger charge is -2.22. The Labute approximate surface area is 83.6 Å². The molecular weight excluding hydrogens is 178 g/mol. The van der Waals surface area contributed by atoms with Crippen LogP contribution in [0.2, 0.25) is 0 Å². The lowest BCUT2D eigenvalue weighted by molar-refractivity contribution is 0.191. The van der Waals surface area contributed by atoms with Gasteiger partial charge in [-0.2, -0.15) is 0 Å². The van der Waals surface area contributed by atoms with Gasteiger partial charge in [-0.1, -0.05) is 0 Å². The monoisotopic (exact) mass is 193 g/mol. The Morgan fingerprint density at radius 3 is 2.79 bits per heavy atom. The lowest BCUT2D eigenvalue weighted by Crippen LogP contribution is -2.30. The number of hydrogen-bond acceptors (Lipinski definition) is 3. The van der Waals surface area contributed by atoms with E-state index in [0.717, 1.165) is 29.8 Å². The first kappa shape index (κ1) is 9.34. The Hall–Kier alpha value is -1.22. The molecule has 1 aliphatic heterocycles. The predicted molar refractivity (Wildman–Crippen MR) is 55.6 cm³/mol. The maximum atomic E-state index is 9.70. The van der Waals surface area contributed by atoms with Crippen LogP contribution >= 0.6 is 0 Å². The molecule has 1 aliphatic rings. The van der Waals surface area contributed by atoms with Crippen molar-refractivity contribution in [2.24, 2.45) is 0 Å². The number of aromatic hydroxyl groups is 1. The summed E-state index contributed by atoms with van der Waals surface area (Å²) in [4.78, 5) is 1.90. The second kappa shape index (κ2) is 3.17. The fourth-order valence-corrected chi connectivity index (χ4v) is 2.03. The van der Waals surface area contributed by atoms with Gasteiger partial charge in [0.25, 0.3) is 0 Å². The summed E-state index contributed by atoms with van der Waals surface area (Å²) in [6.45, 7) is 4.47. The van der Waals surface area contributed by atoms with Gasteiger partial charge >= 0.3 is 0 Å². The van der Waals surface area contributed by atoms with E-state index >= 15 is 0 Å². The van der Waals surface area contributed by atoms with Crippen molar-refractivity contribution < 1.29 is 10.2 Å². The van der Waals surface area contributed by atoms with Crippen LogP contribution in [0, 0.1) is 6.92 Å². The summed E-state index contributed by atoms with van der Waals surface area (Å²) in [5, 5.41) is 19.2. The third-order valence-electron chi connectivity index (χ3n) is 2.71. The number of aliphatic hydroxyl groups is 1. The zero-order valence-electron chi connectivity index (χ0n) is 8.49. The second-order valence-corrected chi connectivity index (χ2v) is 3.86. The van der Waals surface area contributed by atoms with Crippen molar-refractivity contribution in [1.29, 1.82) is 0 Å². The van der Waals surface area contributed by atoms with Gasteiger partial charge in [0.2, 0.25) is 0 Å². The van der Waals surface area contributed by atoms with Crippen molar-refractivity contribution in [3.63, 3.8) is 0 Å². The molecule has 0 fully saturated rings. The van der Waals surface area contributed by atoms with E-state index in [1.54, 1.807) is 13.0 Å². The van der Waals surface area contributed by atoms with Gasteiger partial charge in [0, 0.05) is 17.8 Å². The molecule has 1 atom stereocenters. The first-order valence-electron chi connectivity index (χ1n) is 4.87. The van der Waals surface area contributed by atoms with Gasteiger partial charge < -0.3 is 15.1 Å². The number of aryl methyl sites for hydroxylation is 1. The van der Waals surface area contributed by atoms with Crippen molar-refractivity contribution >= 4 is 5.69 Å². The number of phenols is 1. The van der Waals surface area contributed by atoms with Crippen molar-refractivity contribution in [2.45, 2.75) is 26.5 Å². The van der Waals surface area contributed by atoms with E-state index in [1.165, 1.54) is 0 Å². The summed E-state index contributed by atoms with van der Waals surface area (Å²) in [5.74, 6) is 0.350. The van der Waals surface area contributed by atoms with E-state index in [0.29, 0.717) is 5.75 Å². The Kier molecular flexibility index (Phi) is 2.11. The van der Waals surface area contributed by atoms with Gasteiger partial charge in [-0.25, -0.2) is 0 Å². The highest BCUT2D eigenvalue weighted by Gasteiger charge is 2.24. The SMILES string of the molecule is Cc1cc(O)c2c(c1)N(C(C)O)CC2. The van der Waals surface area contributed by atoms with Gasteiger partial charge in [-0.05, 0) is 38.0 Å². The molecular formula is C11H15NO2. The summed E-state index contributed by atoms with van der Waals surface area (Å²) in [7, 11) is 0. The molecule has 3 nitrogen and oxygen atoms in total. The molecule has 1 aromatic rings. The number of aliphatic hydroxyl groups excluding tert-OH is 1. The van der Waals surface area contributed by atoms with E-state index < -0.39 is 6.23 Å². The number of anilines is 1. The smallest absolute Gasteiger partial charge is 0.124 e. The van der Waals surface area contributed by atoms with Crippen molar-refractivity contribution in [1.82, 2.24) is 0 Å². The van der Waals surface area contributed by atoms with E-state index in [4.69, 9.17) is 0 Å². The number of benzene rings is 1. The molecule has 0 radical (unpaired) electrons. The van der Waals surface area contributed by atoms with Crippen LogP contribution in [0.4, 0.5) is 5.69 Å². The molecule has 1 heterocycles. The van der Waals surface area contributed by atoms with Crippen molar-refractivity contribution in [3.8, 4) is 5.75 Å². The largest absolute Gasteiger partial charge is 0.508 e. The van der Waals surface area contributed by atoms with Gasteiger partial charge in [-0.15, -0.1) is 0 Å². The predicted octanol–water partition coefficient (Wildman–Crippen LogP) is 1.40. The van der Waals surface area contributed by atoms with Crippen LogP contribution in [0.3, 0.4) is 0 Å². The molecule has 0 bridgehead atoms. The molecule has 1 unspecified atom stereocenters. The Morgan fingerprint density at radius 2 is 2.14 bits per heavy atom. The van der Waals surface area contributed by atoms with Crippen LogP contribution in [0.25, 0.3) is 0 Å². The van der Waals surface area contributed by atoms with Crippen LogP contribution in [-0.2, 0) is 6.42 Å². The van der Waals surface area contributed by atoms with Gasteiger partial charge in [0.15, 0.2) is 0 Å². The Morgan fingerprint density at radius 1 is 1.43 bits per heavy atom. The van der Waals surface area contributed by atoms with Crippen LogP contribution < -0.4 is 4.90 Å². The minimum atomic E-state index is -0.488. The maximum Gasteiger partial charge on any atom is 0.124 e. The lowest BCUT2D eigenvalue weighted by atomic mass is 10.1. The molecule has 14 heavy (non-hydrogen) atoms. The fourth-order valence-electron chi connectivity index (χ4n) is 2.03. The molecule has 0 aliphatic carbocycles. The molecule has 2 rings (SSSR count). The average molecular weight is 193 g/mol. The van der Waals surface area contributed by atoms with Crippen molar-refractivity contribution in [3.05, 3.63) is 23.3 Å². The standard InChI is InChI=1S/C11H15NO2/c1-7-5-10-9(11(14)6-7)3-4-12(10)8(2)13/h5-6,8,13-14H,3-4H2,1-2H3. The average Bonchev–Trinajstić information content (AvgIpc) is 2.47. The Balaban J connectivity index is 2.49. The number of phenolic OH excluding ortho intramolecular Hbond substituents is 1. The molecule has 0 spiro atoms. The number of hydrogen-bond donors (Lipinski definition) is 2. The zero-order chi connectivity index (χ0) is 10.3. The highest BCUT2D eigenvalue weighted by molar-refractivity contribution is 5.64. The molecule has 2 N–H and O–H groups in total. The normalized spacial score (nSPS) is 16.9. The van der Waals surface area contributed by atoms with E-state index in [1.807, 2.05) is 17.9 Å². The topological polar surface area (TPSA) is 43.7 Å². The van der Waals surface area contributed by atoms with E-state index in [9.17, 15) is 10.2 Å². The van der Waals surface area contributed by atoms with Crippen LogP contribution in [-0.4, -0.2) is 23.0 Å². The molecule has 0 amide bonds. The maximum absolute atomic E-state index is 9.70. The third kappa shape index (κ3) is 1.34. The molecule has 0 saturated heterocycles. The highest BCUT2D eigenvalue weighted by Crippen LogP contribution is 2.36. The number of nitrogens with zero attached hydrogens (tertiary/aromatic N) is 1. The summed E-state index contributed by atoms with van der Waals surface area (Å²) in [5.41, 5.74) is 2.95. The summed E-state index contributed by atoms with van der Waals surface area (Å²) >= 11 is 0. The Bertz CT molecular complexity index is 361. The van der Waals surface area contributed by atoms with Gasteiger partial charge in [-0.3, -0.25) is 0 Å². The van der Waals surface area contributed by atoms with Gasteiger partial charge in [0.05, 0.1) is 0 Å². The molecule has 0 saturated carbocycles. The highest BCUT2D eigenvalue weighted by atomic mass is 16.3. The third-order valence-corrected chi connectivity index (χ3v) is 2.71. The molecule has 0 aromatic heterocycles. The van der Waals surface area contributed by atoms with Crippen molar-refractivity contribution in [2.75, 3.05) is 11.4 Å². The molecule has 1 aromatic carbocycles. The summed E-state index contributed by atoms with van der Waals surface area (Å²) < 4.78 is 0. The first-order valence-corrected chi connectivity index (χ1v) is 4.87. The first-order chi connectivity index (χ1) is 6.59. The zero-order valence-corrected chi connectivity index (χ0v) is 8.49. The number of rotatable bonds is 1. The van der Waals surface area contributed by atoms with E-state index in [-0.39, 0.29) is 0 Å². The van der Waals surface area contributed by atoms with E-state index in [2.05, 4.69) is 0 Å². The summed E-state index contributed by atoms with van der Waals surface area (Å²) in [6, 6.07) is 3.78. The minimum absolute atomic E-state index is 0.350. The second-order valence-electron chi connectivity index (χ2n) is 3.86. The number of fused-ring (bicyclic) bond motifs is 1. The van der Waals surface area contributed by atoms with Gasteiger partial charge in [0.1, 0.15) is 12.0 Å². The van der Waals surface area contributed by atoms with Crippen LogP contribution in [0.15, 0.2) is 12.1 Å². The molecule has 76 valence electrons. The minimum Gasteiger partial charge on any atom is -0.508 e. The van der Waals surface area contributed by atoms with Crippen LogP contribution in [0.1, 0.15) is 18.1 Å².